The van der Waals surface area contributed by atoms with Gasteiger partial charge in [0, 0.05) is 22.5 Å². The number of benzene rings is 2. The quantitative estimate of drug-likeness (QED) is 0.436. The molecule has 0 spiro atoms. The fourth-order valence-corrected chi connectivity index (χ4v) is 3.75. The lowest BCUT2D eigenvalue weighted by Gasteiger charge is -2.08. The number of pyridine rings is 1. The largest absolute Gasteiger partial charge is 0.418 e. The van der Waals surface area contributed by atoms with Crippen molar-refractivity contribution in [3.05, 3.63) is 65.9 Å². The third kappa shape index (κ3) is 3.24. The van der Waals surface area contributed by atoms with Crippen LogP contribution in [0.2, 0.25) is 0 Å². The first-order valence-electron chi connectivity index (χ1n) is 9.25. The van der Waals surface area contributed by atoms with Crippen molar-refractivity contribution in [2.75, 3.05) is 6.54 Å². The minimum Gasteiger partial charge on any atom is -0.354 e. The van der Waals surface area contributed by atoms with Crippen molar-refractivity contribution in [3.8, 4) is 11.3 Å². The zero-order valence-electron chi connectivity index (χ0n) is 15.2. The molecule has 0 saturated carbocycles. The first kappa shape index (κ1) is 18.5. The molecule has 2 aromatic carbocycles. The lowest BCUT2D eigenvalue weighted by molar-refractivity contribution is -0.136. The highest BCUT2D eigenvalue weighted by Crippen LogP contribution is 2.40. The maximum atomic E-state index is 13.6. The molecule has 4 aromatic rings. The zero-order valence-corrected chi connectivity index (χ0v) is 15.2. The average molecular weight is 383 g/mol. The summed E-state index contributed by atoms with van der Waals surface area (Å²) in [4.78, 5) is 7.56. The number of aromatic nitrogens is 2. The van der Waals surface area contributed by atoms with Crippen molar-refractivity contribution in [2.24, 2.45) is 5.73 Å². The minimum atomic E-state index is -4.42. The Kier molecular flexibility index (Phi) is 4.81. The lowest BCUT2D eigenvalue weighted by atomic mass is 9.98. The fourth-order valence-electron chi connectivity index (χ4n) is 3.75. The highest BCUT2D eigenvalue weighted by Gasteiger charge is 2.34. The summed E-state index contributed by atoms with van der Waals surface area (Å²) in [6, 6.07) is 13.9. The Bertz CT molecular complexity index is 1120. The van der Waals surface area contributed by atoms with Gasteiger partial charge >= 0.3 is 6.18 Å². The summed E-state index contributed by atoms with van der Waals surface area (Å²) >= 11 is 0. The molecule has 0 radical (unpaired) electrons. The number of halogens is 3. The van der Waals surface area contributed by atoms with Crippen LogP contribution in [0.5, 0.6) is 0 Å². The molecular weight excluding hydrogens is 363 g/mol. The maximum absolute atomic E-state index is 13.6. The van der Waals surface area contributed by atoms with Crippen LogP contribution in [0.25, 0.3) is 33.1 Å². The first-order chi connectivity index (χ1) is 13.5. The van der Waals surface area contributed by atoms with Gasteiger partial charge in [0.2, 0.25) is 0 Å². The number of unbranched alkanes of at least 4 members (excludes halogenated alkanes) is 1. The molecule has 0 atom stereocenters. The minimum absolute atomic E-state index is 0.126. The van der Waals surface area contributed by atoms with E-state index in [0.717, 1.165) is 40.9 Å². The second-order valence-corrected chi connectivity index (χ2v) is 6.83. The normalized spacial score (nSPS) is 12.1. The molecule has 0 aliphatic heterocycles. The van der Waals surface area contributed by atoms with Gasteiger partial charge in [0.1, 0.15) is 0 Å². The molecule has 4 rings (SSSR count). The second-order valence-electron chi connectivity index (χ2n) is 6.83. The van der Waals surface area contributed by atoms with Gasteiger partial charge in [-0.1, -0.05) is 36.4 Å². The van der Waals surface area contributed by atoms with E-state index >= 15 is 0 Å². The predicted molar refractivity (Wildman–Crippen MR) is 106 cm³/mol. The van der Waals surface area contributed by atoms with Crippen LogP contribution in [-0.4, -0.2) is 16.5 Å². The summed E-state index contributed by atoms with van der Waals surface area (Å²) in [7, 11) is 0. The molecule has 0 unspecified atom stereocenters. The zero-order chi connectivity index (χ0) is 19.7. The lowest BCUT2D eigenvalue weighted by Crippen LogP contribution is -2.05. The number of alkyl halides is 3. The van der Waals surface area contributed by atoms with Crippen LogP contribution in [0.4, 0.5) is 13.2 Å². The molecule has 0 aliphatic carbocycles. The van der Waals surface area contributed by atoms with E-state index in [4.69, 9.17) is 5.73 Å². The van der Waals surface area contributed by atoms with Gasteiger partial charge in [-0.2, -0.15) is 13.2 Å². The number of aryl methyl sites for hydroxylation is 1. The molecule has 0 aliphatic rings. The number of aromatic amines is 1. The third-order valence-electron chi connectivity index (χ3n) is 5.03. The summed E-state index contributed by atoms with van der Waals surface area (Å²) in [5.41, 5.74) is 8.26. The summed E-state index contributed by atoms with van der Waals surface area (Å²) in [5, 5.41) is 1.55. The monoisotopic (exact) mass is 383 g/mol. The van der Waals surface area contributed by atoms with Crippen LogP contribution < -0.4 is 5.73 Å². The Morgan fingerprint density at radius 2 is 1.75 bits per heavy atom. The summed E-state index contributed by atoms with van der Waals surface area (Å²) in [5.74, 6) is 0. The van der Waals surface area contributed by atoms with Gasteiger partial charge < -0.3 is 10.7 Å². The smallest absolute Gasteiger partial charge is 0.354 e. The molecule has 2 heterocycles. The van der Waals surface area contributed by atoms with E-state index in [2.05, 4.69) is 9.97 Å². The van der Waals surface area contributed by atoms with E-state index in [1.54, 1.807) is 12.3 Å². The SMILES string of the molecule is NCCCCc1c(-c2cccc3cccnc23)[nH]c2c(C(F)(F)F)cccc12. The maximum Gasteiger partial charge on any atom is 0.418 e. The van der Waals surface area contributed by atoms with Crippen LogP contribution >= 0.6 is 0 Å². The number of para-hydroxylation sites is 2. The number of nitrogens with zero attached hydrogens (tertiary/aromatic N) is 1. The summed E-state index contributed by atoms with van der Waals surface area (Å²) in [6.07, 6.45) is -0.447. The third-order valence-corrected chi connectivity index (χ3v) is 5.03. The molecule has 144 valence electrons. The molecule has 0 bridgehead atoms. The number of hydrogen-bond acceptors (Lipinski definition) is 2. The molecule has 3 N–H and O–H groups in total. The van der Waals surface area contributed by atoms with E-state index in [0.29, 0.717) is 24.0 Å². The van der Waals surface area contributed by atoms with Gasteiger partial charge in [-0.05, 0) is 43.5 Å². The highest BCUT2D eigenvalue weighted by atomic mass is 19.4. The number of nitrogens with two attached hydrogens (primary N) is 1. The van der Waals surface area contributed by atoms with Crippen molar-refractivity contribution in [1.29, 1.82) is 0 Å². The van der Waals surface area contributed by atoms with Crippen molar-refractivity contribution in [1.82, 2.24) is 9.97 Å². The van der Waals surface area contributed by atoms with Gasteiger partial charge in [-0.15, -0.1) is 0 Å². The van der Waals surface area contributed by atoms with Crippen LogP contribution in [0.1, 0.15) is 24.0 Å². The van der Waals surface area contributed by atoms with Crippen molar-refractivity contribution < 1.29 is 13.2 Å². The predicted octanol–water partition coefficient (Wildman–Crippen LogP) is 5.68. The van der Waals surface area contributed by atoms with E-state index in [-0.39, 0.29) is 5.52 Å². The number of hydrogen-bond donors (Lipinski definition) is 2. The number of fused-ring (bicyclic) bond motifs is 2. The Hall–Kier alpha value is -2.86. The molecule has 2 aromatic heterocycles. The van der Waals surface area contributed by atoms with Gasteiger partial charge in [0.15, 0.2) is 0 Å². The summed E-state index contributed by atoms with van der Waals surface area (Å²) in [6.45, 7) is 0.557. The molecular formula is C22H20F3N3. The second kappa shape index (κ2) is 7.28. The standard InChI is InChI=1S/C22H20F3N3/c23-22(24,25)18-11-4-9-16-15(8-1-2-12-26)20(28-21(16)18)17-10-3-6-14-7-5-13-27-19(14)17/h3-7,9-11,13,28H,1-2,8,12,26H2. The van der Waals surface area contributed by atoms with E-state index in [1.807, 2.05) is 30.3 Å². The molecule has 0 amide bonds. The number of rotatable bonds is 5. The van der Waals surface area contributed by atoms with Crippen LogP contribution in [0, 0.1) is 0 Å². The Morgan fingerprint density at radius 1 is 0.964 bits per heavy atom. The topological polar surface area (TPSA) is 54.7 Å². The Morgan fingerprint density at radius 3 is 2.54 bits per heavy atom. The molecule has 0 saturated heterocycles. The number of H-pyrrole nitrogens is 1. The van der Waals surface area contributed by atoms with Crippen LogP contribution in [-0.2, 0) is 12.6 Å². The first-order valence-corrected chi connectivity index (χ1v) is 9.25. The van der Waals surface area contributed by atoms with Gasteiger partial charge in [-0.3, -0.25) is 4.98 Å². The van der Waals surface area contributed by atoms with Gasteiger partial charge in [0.25, 0.3) is 0 Å². The Labute approximate surface area is 160 Å². The average Bonchev–Trinajstić information content (AvgIpc) is 3.05. The Balaban J connectivity index is 2.00. The molecule has 0 fully saturated rings. The van der Waals surface area contributed by atoms with E-state index in [1.165, 1.54) is 6.07 Å². The molecule has 6 heteroatoms. The fraction of sp³-hybridized carbons (Fsp3) is 0.227. The van der Waals surface area contributed by atoms with Gasteiger partial charge in [-0.25, -0.2) is 0 Å². The van der Waals surface area contributed by atoms with Crippen LogP contribution in [0.15, 0.2) is 54.7 Å². The van der Waals surface area contributed by atoms with E-state index in [9.17, 15) is 13.2 Å². The van der Waals surface area contributed by atoms with Gasteiger partial charge in [0.05, 0.1) is 22.3 Å². The molecule has 3 nitrogen and oxygen atoms in total. The van der Waals surface area contributed by atoms with Crippen molar-refractivity contribution >= 4 is 21.8 Å². The van der Waals surface area contributed by atoms with E-state index < -0.39 is 11.7 Å². The number of nitrogens with one attached hydrogen (secondary N) is 1. The van der Waals surface area contributed by atoms with Crippen LogP contribution in [0.3, 0.4) is 0 Å². The summed E-state index contributed by atoms with van der Waals surface area (Å²) < 4.78 is 40.7. The van der Waals surface area contributed by atoms with Crippen molar-refractivity contribution in [3.63, 3.8) is 0 Å². The highest BCUT2D eigenvalue weighted by molar-refractivity contribution is 5.99. The molecule has 28 heavy (non-hydrogen) atoms. The van der Waals surface area contributed by atoms with Crippen molar-refractivity contribution in [2.45, 2.75) is 25.4 Å².